The highest BCUT2D eigenvalue weighted by molar-refractivity contribution is 6.32. The maximum absolute atomic E-state index is 12.7. The molecule has 0 saturated carbocycles. The van der Waals surface area contributed by atoms with E-state index >= 15 is 0 Å². The second-order valence-corrected chi connectivity index (χ2v) is 5.69. The van der Waals surface area contributed by atoms with Gasteiger partial charge in [0.1, 0.15) is 11.8 Å². The smallest absolute Gasteiger partial charge is 0.417 e. The Bertz CT molecular complexity index is 921. The van der Waals surface area contributed by atoms with Crippen molar-refractivity contribution < 1.29 is 27.8 Å². The molecule has 9 heteroatoms. The number of benzene rings is 1. The minimum absolute atomic E-state index is 0.0279. The molecule has 1 aromatic carbocycles. The molecule has 0 fully saturated rings. The van der Waals surface area contributed by atoms with Crippen LogP contribution in [0.25, 0.3) is 11.6 Å². The number of alkyl halides is 3. The summed E-state index contributed by atoms with van der Waals surface area (Å²) >= 11 is 5.87. The number of carboxylic acid groups (broad SMARTS) is 1. The summed E-state index contributed by atoms with van der Waals surface area (Å²) in [7, 11) is 0. The molecule has 0 aliphatic carbocycles. The van der Waals surface area contributed by atoms with Gasteiger partial charge in [0.2, 0.25) is 0 Å². The number of nitrogens with zero attached hydrogens (tertiary/aromatic N) is 2. The third-order valence-corrected chi connectivity index (χ3v) is 3.59. The molecule has 1 heterocycles. The first-order valence-electron chi connectivity index (χ1n) is 7.50. The minimum Gasteiger partial charge on any atom is -0.493 e. The second kappa shape index (κ2) is 8.56. The van der Waals surface area contributed by atoms with E-state index in [2.05, 4.69) is 4.98 Å². The normalized spacial score (nSPS) is 11.7. The quantitative estimate of drug-likeness (QED) is 0.717. The average Bonchev–Trinajstić information content (AvgIpc) is 2.59. The summed E-state index contributed by atoms with van der Waals surface area (Å²) in [5.41, 5.74) is -0.611. The molecule has 5 nitrogen and oxygen atoms in total. The van der Waals surface area contributed by atoms with Crippen LogP contribution >= 0.6 is 11.6 Å². The largest absolute Gasteiger partial charge is 0.493 e. The molecule has 0 aliphatic rings. The second-order valence-electron chi connectivity index (χ2n) is 5.29. The fourth-order valence-electron chi connectivity index (χ4n) is 2.06. The van der Waals surface area contributed by atoms with Crippen LogP contribution < -0.4 is 4.74 Å². The number of aromatic nitrogens is 1. The molecule has 2 aromatic rings. The van der Waals surface area contributed by atoms with E-state index in [1.165, 1.54) is 6.08 Å². The molecule has 2 rings (SSSR count). The Morgan fingerprint density at radius 2 is 2.11 bits per heavy atom. The number of allylic oxidation sites excluding steroid dienone is 1. The number of halogens is 4. The number of carbonyl (C=O) groups is 1. The highest BCUT2D eigenvalue weighted by Crippen LogP contribution is 2.33. The maximum atomic E-state index is 12.7. The molecule has 0 amide bonds. The van der Waals surface area contributed by atoms with E-state index in [9.17, 15) is 23.2 Å². The minimum atomic E-state index is -4.59. The van der Waals surface area contributed by atoms with E-state index < -0.39 is 17.7 Å². The van der Waals surface area contributed by atoms with Gasteiger partial charge in [-0.1, -0.05) is 23.7 Å². The van der Waals surface area contributed by atoms with E-state index in [0.29, 0.717) is 23.6 Å². The van der Waals surface area contributed by atoms with Crippen molar-refractivity contribution in [3.8, 4) is 11.8 Å². The van der Waals surface area contributed by atoms with Crippen molar-refractivity contribution in [1.82, 2.24) is 4.98 Å². The van der Waals surface area contributed by atoms with E-state index in [1.54, 1.807) is 24.3 Å². The number of pyridine rings is 1. The topological polar surface area (TPSA) is 83.2 Å². The zero-order valence-corrected chi connectivity index (χ0v) is 14.4. The third kappa shape index (κ3) is 5.72. The van der Waals surface area contributed by atoms with Crippen molar-refractivity contribution in [3.05, 3.63) is 58.4 Å². The molecule has 0 bridgehead atoms. The van der Waals surface area contributed by atoms with E-state index in [4.69, 9.17) is 21.4 Å². The molecule has 0 radical (unpaired) electrons. The Kier molecular flexibility index (Phi) is 6.42. The zero-order valence-electron chi connectivity index (χ0n) is 13.6. The van der Waals surface area contributed by atoms with Crippen LogP contribution in [0.15, 0.2) is 36.5 Å². The van der Waals surface area contributed by atoms with Crippen LogP contribution in [0.1, 0.15) is 23.2 Å². The fourth-order valence-corrected chi connectivity index (χ4v) is 2.33. The number of nitriles is 1. The van der Waals surface area contributed by atoms with Gasteiger partial charge in [0.15, 0.2) is 0 Å². The molecular weight excluding hydrogens is 385 g/mol. The Morgan fingerprint density at radius 3 is 2.70 bits per heavy atom. The molecule has 0 atom stereocenters. The molecule has 140 valence electrons. The van der Waals surface area contributed by atoms with E-state index in [0.717, 1.165) is 0 Å². The van der Waals surface area contributed by atoms with Crippen molar-refractivity contribution >= 4 is 29.2 Å². The first kappa shape index (κ1) is 20.3. The summed E-state index contributed by atoms with van der Waals surface area (Å²) in [5, 5.41) is 17.6. The van der Waals surface area contributed by atoms with E-state index in [1.807, 2.05) is 6.07 Å². The van der Waals surface area contributed by atoms with Crippen molar-refractivity contribution in [2.45, 2.75) is 12.6 Å². The number of ether oxygens (including phenoxy) is 1. The molecule has 0 spiro atoms. The van der Waals surface area contributed by atoms with Gasteiger partial charge < -0.3 is 9.84 Å². The Morgan fingerprint density at radius 1 is 1.37 bits per heavy atom. The van der Waals surface area contributed by atoms with Gasteiger partial charge in [-0.25, -0.2) is 0 Å². The van der Waals surface area contributed by atoms with Crippen molar-refractivity contribution in [1.29, 1.82) is 5.26 Å². The van der Waals surface area contributed by atoms with Crippen molar-refractivity contribution in [3.63, 3.8) is 0 Å². The van der Waals surface area contributed by atoms with Gasteiger partial charge in [-0.3, -0.25) is 9.78 Å². The van der Waals surface area contributed by atoms with Crippen LogP contribution in [0, 0.1) is 11.3 Å². The average molecular weight is 397 g/mol. The van der Waals surface area contributed by atoms with E-state index in [-0.39, 0.29) is 29.3 Å². The molecule has 27 heavy (non-hydrogen) atoms. The van der Waals surface area contributed by atoms with Crippen molar-refractivity contribution in [2.75, 3.05) is 6.61 Å². The van der Waals surface area contributed by atoms with Gasteiger partial charge >= 0.3 is 12.1 Å². The molecule has 1 aromatic heterocycles. The number of hydrogen-bond acceptors (Lipinski definition) is 4. The molecule has 0 aliphatic heterocycles. The predicted octanol–water partition coefficient (Wildman–Crippen LogP) is 4.67. The standard InChI is InChI=1S/C18H12ClF3N2O3/c19-15-8-13(18(20,21)22)10-24-17(15)12(9-23)6-11-2-1-3-14(7-11)27-5-4-16(25)26/h1-3,6-8,10H,4-5H2,(H,25,26)/b12-6+. The molecule has 0 saturated heterocycles. The summed E-state index contributed by atoms with van der Waals surface area (Å²) in [5.74, 6) is -0.616. The van der Waals surface area contributed by atoms with Crippen LogP contribution in [0.3, 0.4) is 0 Å². The van der Waals surface area contributed by atoms with Crippen LogP contribution in [0.2, 0.25) is 5.02 Å². The summed E-state index contributed by atoms with van der Waals surface area (Å²) in [6.07, 6.45) is -2.76. The third-order valence-electron chi connectivity index (χ3n) is 3.30. The first-order valence-corrected chi connectivity index (χ1v) is 7.88. The van der Waals surface area contributed by atoms with Gasteiger partial charge in [0.25, 0.3) is 0 Å². The summed E-state index contributed by atoms with van der Waals surface area (Å²) in [6.45, 7) is -0.0279. The van der Waals surface area contributed by atoms with Gasteiger partial charge in [0, 0.05) is 6.20 Å². The Labute approximate surface area is 157 Å². The summed E-state index contributed by atoms with van der Waals surface area (Å²) < 4.78 is 43.4. The first-order chi connectivity index (χ1) is 12.7. The van der Waals surface area contributed by atoms with Crippen LogP contribution in [-0.4, -0.2) is 22.7 Å². The monoisotopic (exact) mass is 396 g/mol. The highest BCUT2D eigenvalue weighted by atomic mass is 35.5. The van der Waals surface area contributed by atoms with Crippen LogP contribution in [0.4, 0.5) is 13.2 Å². The SMILES string of the molecule is N#C/C(=C\c1cccc(OCCC(=O)O)c1)c1ncc(C(F)(F)F)cc1Cl. The van der Waals surface area contributed by atoms with Crippen LogP contribution in [0.5, 0.6) is 5.75 Å². The molecule has 1 N–H and O–H groups in total. The van der Waals surface area contributed by atoms with Crippen LogP contribution in [-0.2, 0) is 11.0 Å². The summed E-state index contributed by atoms with van der Waals surface area (Å²) in [4.78, 5) is 14.2. The van der Waals surface area contributed by atoms with Crippen molar-refractivity contribution in [2.24, 2.45) is 0 Å². The fraction of sp³-hybridized carbons (Fsp3) is 0.167. The lowest BCUT2D eigenvalue weighted by molar-refractivity contribution is -0.138. The lowest BCUT2D eigenvalue weighted by atomic mass is 10.1. The number of carboxylic acids is 1. The predicted molar refractivity (Wildman–Crippen MR) is 91.9 cm³/mol. The highest BCUT2D eigenvalue weighted by Gasteiger charge is 2.31. The maximum Gasteiger partial charge on any atom is 0.417 e. The van der Waals surface area contributed by atoms with Gasteiger partial charge in [-0.15, -0.1) is 0 Å². The van der Waals surface area contributed by atoms with Gasteiger partial charge in [-0.05, 0) is 29.8 Å². The number of rotatable bonds is 6. The lowest BCUT2D eigenvalue weighted by Crippen LogP contribution is -2.06. The molecule has 0 unspecified atom stereocenters. The van der Waals surface area contributed by atoms with Gasteiger partial charge in [0.05, 0.1) is 34.9 Å². The number of aliphatic carboxylic acids is 1. The summed E-state index contributed by atoms with van der Waals surface area (Å²) in [6, 6.07) is 8.99. The lowest BCUT2D eigenvalue weighted by Gasteiger charge is -2.09. The van der Waals surface area contributed by atoms with Gasteiger partial charge in [-0.2, -0.15) is 18.4 Å². The number of hydrogen-bond donors (Lipinski definition) is 1. The molecular formula is C18H12ClF3N2O3. The Balaban J connectivity index is 2.29. The Hall–Kier alpha value is -3.05. The zero-order chi connectivity index (χ0) is 20.0.